The van der Waals surface area contributed by atoms with Gasteiger partial charge in [0.15, 0.2) is 8.32 Å². The lowest BCUT2D eigenvalue weighted by Crippen LogP contribution is -2.43. The monoisotopic (exact) mass is 449 g/mol. The zero-order chi connectivity index (χ0) is 22.9. The van der Waals surface area contributed by atoms with Crippen molar-refractivity contribution in [2.75, 3.05) is 0 Å². The van der Waals surface area contributed by atoms with Gasteiger partial charge in [0.2, 0.25) is 5.89 Å². The highest BCUT2D eigenvalue weighted by Gasteiger charge is 2.43. The molecule has 2 unspecified atom stereocenters. The van der Waals surface area contributed by atoms with Gasteiger partial charge >= 0.3 is 0 Å². The van der Waals surface area contributed by atoms with Crippen molar-refractivity contribution in [3.8, 4) is 5.75 Å². The van der Waals surface area contributed by atoms with Gasteiger partial charge in [0.1, 0.15) is 24.2 Å². The number of hydrogen-bond acceptors (Lipinski definition) is 4. The maximum absolute atomic E-state index is 6.90. The fourth-order valence-corrected chi connectivity index (χ4v) is 5.30. The first-order valence-electron chi connectivity index (χ1n) is 11.5. The predicted molar refractivity (Wildman–Crippen MR) is 130 cm³/mol. The van der Waals surface area contributed by atoms with Gasteiger partial charge in [0, 0.05) is 5.92 Å². The number of aromatic nitrogens is 1. The molecule has 0 saturated heterocycles. The van der Waals surface area contributed by atoms with Gasteiger partial charge in [0.25, 0.3) is 0 Å². The van der Waals surface area contributed by atoms with Crippen LogP contribution in [-0.4, -0.2) is 13.3 Å². The van der Waals surface area contributed by atoms with Crippen LogP contribution in [0.1, 0.15) is 55.2 Å². The standard InChI is InChI=1S/C27H35NO3Si/c1-19-17-28-26(30-19)25(31-32(5,6)27(2,3)4)23-14-21-12-13-24(16-22(21)15-23)29-18-20-10-8-7-9-11-20/h7-13,16-17,23,25H,14-15,18H2,1-6H3. The molecule has 2 aromatic carbocycles. The minimum Gasteiger partial charge on any atom is -0.489 e. The minimum absolute atomic E-state index is 0.122. The Morgan fingerprint density at radius 2 is 1.78 bits per heavy atom. The van der Waals surface area contributed by atoms with Crippen molar-refractivity contribution in [2.24, 2.45) is 5.92 Å². The van der Waals surface area contributed by atoms with Gasteiger partial charge in [-0.2, -0.15) is 0 Å². The summed E-state index contributed by atoms with van der Waals surface area (Å²) in [5, 5.41) is 0.122. The molecule has 0 spiro atoms. The number of nitrogens with zero attached hydrogens (tertiary/aromatic N) is 1. The Bertz CT molecular complexity index is 1050. The van der Waals surface area contributed by atoms with E-state index >= 15 is 0 Å². The van der Waals surface area contributed by atoms with E-state index in [1.54, 1.807) is 6.20 Å². The molecular formula is C27H35NO3Si. The second-order valence-electron chi connectivity index (χ2n) is 10.5. The molecule has 0 amide bonds. The van der Waals surface area contributed by atoms with Crippen molar-refractivity contribution in [1.82, 2.24) is 4.98 Å². The molecule has 0 N–H and O–H groups in total. The SMILES string of the molecule is Cc1cnc(C(O[Si](C)(C)C(C)(C)C)C2Cc3ccc(OCc4ccccc4)cc3C2)o1. The molecule has 0 radical (unpaired) electrons. The highest BCUT2D eigenvalue weighted by atomic mass is 28.4. The summed E-state index contributed by atoms with van der Waals surface area (Å²) in [7, 11) is -2.00. The van der Waals surface area contributed by atoms with Crippen LogP contribution in [0, 0.1) is 12.8 Å². The van der Waals surface area contributed by atoms with E-state index in [1.165, 1.54) is 16.7 Å². The molecule has 5 heteroatoms. The smallest absolute Gasteiger partial charge is 0.222 e. The lowest BCUT2D eigenvalue weighted by Gasteiger charge is -2.40. The number of ether oxygens (including phenoxy) is 1. The fourth-order valence-electron chi connectivity index (χ4n) is 4.02. The van der Waals surface area contributed by atoms with Crippen molar-refractivity contribution in [3.05, 3.63) is 83.1 Å². The van der Waals surface area contributed by atoms with E-state index in [0.29, 0.717) is 18.4 Å². The van der Waals surface area contributed by atoms with Crippen LogP contribution in [0.25, 0.3) is 0 Å². The molecular weight excluding hydrogens is 414 g/mol. The molecule has 170 valence electrons. The summed E-state index contributed by atoms with van der Waals surface area (Å²) in [4.78, 5) is 4.58. The van der Waals surface area contributed by atoms with E-state index in [2.05, 4.69) is 69.2 Å². The third kappa shape index (κ3) is 4.99. The maximum atomic E-state index is 6.90. The van der Waals surface area contributed by atoms with Crippen molar-refractivity contribution in [3.63, 3.8) is 0 Å². The van der Waals surface area contributed by atoms with Gasteiger partial charge in [-0.05, 0) is 66.7 Å². The first-order valence-corrected chi connectivity index (χ1v) is 14.4. The molecule has 1 heterocycles. The number of benzene rings is 2. The van der Waals surface area contributed by atoms with Crippen LogP contribution in [0.4, 0.5) is 0 Å². The Labute approximate surface area is 193 Å². The zero-order valence-electron chi connectivity index (χ0n) is 20.1. The molecule has 0 aliphatic heterocycles. The van der Waals surface area contributed by atoms with E-state index in [0.717, 1.165) is 24.4 Å². The quantitative estimate of drug-likeness (QED) is 0.363. The molecule has 4 rings (SSSR count). The summed E-state index contributed by atoms with van der Waals surface area (Å²) in [6.45, 7) is 13.9. The average molecular weight is 450 g/mol. The summed E-state index contributed by atoms with van der Waals surface area (Å²) in [6.07, 6.45) is 3.58. The molecule has 4 nitrogen and oxygen atoms in total. The number of rotatable bonds is 7. The van der Waals surface area contributed by atoms with E-state index in [-0.39, 0.29) is 11.1 Å². The van der Waals surface area contributed by atoms with Crippen LogP contribution in [0.5, 0.6) is 5.75 Å². The maximum Gasteiger partial charge on any atom is 0.222 e. The van der Waals surface area contributed by atoms with Gasteiger partial charge in [-0.3, -0.25) is 0 Å². The first-order chi connectivity index (χ1) is 15.1. The van der Waals surface area contributed by atoms with E-state index < -0.39 is 8.32 Å². The van der Waals surface area contributed by atoms with Crippen LogP contribution >= 0.6 is 0 Å². The normalized spacial score (nSPS) is 17.2. The molecule has 1 aliphatic carbocycles. The molecule has 32 heavy (non-hydrogen) atoms. The summed E-state index contributed by atoms with van der Waals surface area (Å²) in [5.74, 6) is 2.77. The van der Waals surface area contributed by atoms with Crippen LogP contribution in [0.3, 0.4) is 0 Å². The van der Waals surface area contributed by atoms with Gasteiger partial charge in [-0.25, -0.2) is 4.98 Å². The topological polar surface area (TPSA) is 44.5 Å². The van der Waals surface area contributed by atoms with E-state index in [9.17, 15) is 0 Å². The van der Waals surface area contributed by atoms with Crippen LogP contribution in [-0.2, 0) is 23.9 Å². The van der Waals surface area contributed by atoms with Crippen molar-refractivity contribution in [2.45, 2.75) is 71.4 Å². The highest BCUT2D eigenvalue weighted by molar-refractivity contribution is 6.74. The summed E-state index contributed by atoms with van der Waals surface area (Å²) in [5.41, 5.74) is 3.88. The largest absolute Gasteiger partial charge is 0.489 e. The molecule has 0 fully saturated rings. The van der Waals surface area contributed by atoms with Crippen molar-refractivity contribution in [1.29, 1.82) is 0 Å². The number of fused-ring (bicyclic) bond motifs is 1. The third-order valence-electron chi connectivity index (χ3n) is 6.93. The van der Waals surface area contributed by atoms with E-state index in [4.69, 9.17) is 13.6 Å². The summed E-state index contributed by atoms with van der Waals surface area (Å²) in [6, 6.07) is 16.8. The zero-order valence-corrected chi connectivity index (χ0v) is 21.1. The lowest BCUT2D eigenvalue weighted by atomic mass is 9.99. The van der Waals surface area contributed by atoms with Gasteiger partial charge < -0.3 is 13.6 Å². The van der Waals surface area contributed by atoms with Crippen LogP contribution in [0.2, 0.25) is 18.1 Å². The summed E-state index contributed by atoms with van der Waals surface area (Å²) < 4.78 is 19.0. The number of oxazole rings is 1. The number of aryl methyl sites for hydroxylation is 1. The third-order valence-corrected chi connectivity index (χ3v) is 11.4. The second-order valence-corrected chi connectivity index (χ2v) is 15.2. The average Bonchev–Trinajstić information content (AvgIpc) is 3.36. The highest BCUT2D eigenvalue weighted by Crippen LogP contribution is 2.45. The second kappa shape index (κ2) is 8.87. The van der Waals surface area contributed by atoms with Crippen molar-refractivity contribution >= 4 is 8.32 Å². The molecule has 0 saturated carbocycles. The lowest BCUT2D eigenvalue weighted by molar-refractivity contribution is 0.0935. The van der Waals surface area contributed by atoms with Crippen LogP contribution in [0.15, 0.2) is 59.1 Å². The predicted octanol–water partition coefficient (Wildman–Crippen LogP) is 7.04. The molecule has 2 atom stereocenters. The van der Waals surface area contributed by atoms with Crippen molar-refractivity contribution < 1.29 is 13.6 Å². The van der Waals surface area contributed by atoms with Crippen LogP contribution < -0.4 is 4.74 Å². The Kier molecular flexibility index (Phi) is 6.32. The Hall–Kier alpha value is -2.37. The Balaban J connectivity index is 1.52. The van der Waals surface area contributed by atoms with E-state index in [1.807, 2.05) is 25.1 Å². The van der Waals surface area contributed by atoms with Gasteiger partial charge in [-0.1, -0.05) is 57.2 Å². The van der Waals surface area contributed by atoms with Gasteiger partial charge in [-0.15, -0.1) is 0 Å². The van der Waals surface area contributed by atoms with Gasteiger partial charge in [0.05, 0.1) is 6.20 Å². The Morgan fingerprint density at radius 1 is 1.06 bits per heavy atom. The number of hydrogen-bond donors (Lipinski definition) is 0. The Morgan fingerprint density at radius 3 is 2.44 bits per heavy atom. The molecule has 1 aliphatic rings. The fraction of sp³-hybridized carbons (Fsp3) is 0.444. The summed E-state index contributed by atoms with van der Waals surface area (Å²) >= 11 is 0. The first kappa shape index (κ1) is 22.8. The molecule has 1 aromatic heterocycles. The molecule has 3 aromatic rings. The minimum atomic E-state index is -2.00. The molecule has 0 bridgehead atoms.